The third kappa shape index (κ3) is 4.19. The van der Waals surface area contributed by atoms with E-state index in [2.05, 4.69) is 4.72 Å². The van der Waals surface area contributed by atoms with Crippen molar-refractivity contribution < 1.29 is 23.1 Å². The van der Waals surface area contributed by atoms with E-state index < -0.39 is 16.0 Å². The van der Waals surface area contributed by atoms with Gasteiger partial charge in [-0.2, -0.15) is 0 Å². The molecule has 0 saturated carbocycles. The molecule has 0 aliphatic carbocycles. The molecule has 0 aromatic heterocycles. The molecule has 0 aliphatic heterocycles. The summed E-state index contributed by atoms with van der Waals surface area (Å²) in [5.74, 6) is -1.33. The van der Waals surface area contributed by atoms with E-state index in [0.717, 1.165) is 12.1 Å². The lowest BCUT2D eigenvalue weighted by Crippen LogP contribution is -2.33. The van der Waals surface area contributed by atoms with Crippen LogP contribution in [0.3, 0.4) is 0 Å². The Morgan fingerprint density at radius 1 is 1.50 bits per heavy atom. The zero-order valence-corrected chi connectivity index (χ0v) is 12.1. The lowest BCUT2D eigenvalue weighted by atomic mass is 10.2. The summed E-state index contributed by atoms with van der Waals surface area (Å²) >= 11 is 0. The number of nitrogens with one attached hydrogen (secondary N) is 1. The maximum atomic E-state index is 12.1. The maximum absolute atomic E-state index is 12.1. The van der Waals surface area contributed by atoms with E-state index in [-0.39, 0.29) is 28.8 Å². The zero-order valence-electron chi connectivity index (χ0n) is 11.3. The summed E-state index contributed by atoms with van der Waals surface area (Å²) in [5.41, 5.74) is 5.37. The van der Waals surface area contributed by atoms with Crippen molar-refractivity contribution in [3.8, 4) is 0 Å². The van der Waals surface area contributed by atoms with Gasteiger partial charge in [0.05, 0.1) is 16.6 Å². The minimum absolute atomic E-state index is 0.0457. The number of carboxylic acids is 1. The average molecular weight is 302 g/mol. The molecular formula is C12H18N2O5S. The van der Waals surface area contributed by atoms with Crippen molar-refractivity contribution in [1.82, 2.24) is 4.72 Å². The molecule has 20 heavy (non-hydrogen) atoms. The van der Waals surface area contributed by atoms with Crippen LogP contribution in [0.4, 0.5) is 5.69 Å². The van der Waals surface area contributed by atoms with Gasteiger partial charge in [-0.1, -0.05) is 0 Å². The second-order valence-electron chi connectivity index (χ2n) is 4.18. The normalized spacial score (nSPS) is 13.1. The van der Waals surface area contributed by atoms with E-state index in [0.29, 0.717) is 6.61 Å². The molecule has 1 unspecified atom stereocenters. The highest BCUT2D eigenvalue weighted by molar-refractivity contribution is 7.89. The molecule has 0 aliphatic rings. The number of carbonyl (C=O) groups is 1. The van der Waals surface area contributed by atoms with Crippen molar-refractivity contribution in [3.05, 3.63) is 23.8 Å². The summed E-state index contributed by atoms with van der Waals surface area (Å²) in [7, 11) is -3.96. The Kier molecular flexibility index (Phi) is 5.49. The predicted octanol–water partition coefficient (Wildman–Crippen LogP) is 0.670. The monoisotopic (exact) mass is 302 g/mol. The van der Waals surface area contributed by atoms with Crippen molar-refractivity contribution in [2.24, 2.45) is 0 Å². The van der Waals surface area contributed by atoms with Gasteiger partial charge in [0.25, 0.3) is 0 Å². The summed E-state index contributed by atoms with van der Waals surface area (Å²) < 4.78 is 31.8. The topological polar surface area (TPSA) is 119 Å². The zero-order chi connectivity index (χ0) is 15.3. The molecule has 0 bridgehead atoms. The van der Waals surface area contributed by atoms with E-state index in [9.17, 15) is 13.2 Å². The maximum Gasteiger partial charge on any atom is 0.337 e. The first-order chi connectivity index (χ1) is 9.27. The number of sulfonamides is 1. The molecular weight excluding hydrogens is 284 g/mol. The fourth-order valence-electron chi connectivity index (χ4n) is 1.59. The lowest BCUT2D eigenvalue weighted by molar-refractivity contribution is 0.0692. The second-order valence-corrected chi connectivity index (χ2v) is 5.91. The Bertz CT molecular complexity index is 586. The van der Waals surface area contributed by atoms with Gasteiger partial charge in [0.1, 0.15) is 0 Å². The van der Waals surface area contributed by atoms with Gasteiger partial charge in [-0.05, 0) is 32.0 Å². The smallest absolute Gasteiger partial charge is 0.337 e. The van der Waals surface area contributed by atoms with Crippen LogP contribution in [0.25, 0.3) is 0 Å². The number of nitrogens with two attached hydrogens (primary N) is 1. The number of aromatic carboxylic acids is 1. The van der Waals surface area contributed by atoms with E-state index in [1.807, 2.05) is 0 Å². The van der Waals surface area contributed by atoms with Gasteiger partial charge in [-0.25, -0.2) is 17.9 Å². The first kappa shape index (κ1) is 16.4. The standard InChI is InChI=1S/C12H18N2O5S/c1-3-19-8(2)7-14-20(17,18)11-6-9(13)4-5-10(11)12(15)16/h4-6,8,14H,3,7,13H2,1-2H3,(H,15,16). The summed E-state index contributed by atoms with van der Waals surface area (Å²) in [5, 5.41) is 9.02. The van der Waals surface area contributed by atoms with Crippen molar-refractivity contribution >= 4 is 21.7 Å². The summed E-state index contributed by atoms with van der Waals surface area (Å²) in [6.45, 7) is 4.01. The largest absolute Gasteiger partial charge is 0.478 e. The molecule has 1 rings (SSSR count). The molecule has 112 valence electrons. The summed E-state index contributed by atoms with van der Waals surface area (Å²) in [4.78, 5) is 10.7. The summed E-state index contributed by atoms with van der Waals surface area (Å²) in [6, 6.07) is 3.63. The highest BCUT2D eigenvalue weighted by Crippen LogP contribution is 2.19. The van der Waals surface area contributed by atoms with Gasteiger partial charge in [-0.3, -0.25) is 0 Å². The van der Waals surface area contributed by atoms with Crippen LogP contribution < -0.4 is 10.5 Å². The molecule has 0 spiro atoms. The van der Waals surface area contributed by atoms with E-state index in [1.165, 1.54) is 6.07 Å². The molecule has 0 fully saturated rings. The highest BCUT2D eigenvalue weighted by Gasteiger charge is 2.23. The third-order valence-corrected chi connectivity index (χ3v) is 4.00. The molecule has 7 nitrogen and oxygen atoms in total. The predicted molar refractivity (Wildman–Crippen MR) is 74.1 cm³/mol. The fourth-order valence-corrected chi connectivity index (χ4v) is 2.93. The van der Waals surface area contributed by atoms with Gasteiger partial charge in [-0.15, -0.1) is 0 Å². The molecule has 1 aromatic carbocycles. The van der Waals surface area contributed by atoms with Crippen LogP contribution in [0, 0.1) is 0 Å². The summed E-state index contributed by atoms with van der Waals surface area (Å²) in [6.07, 6.45) is -0.316. The Labute approximate surface area is 117 Å². The number of hydrogen-bond donors (Lipinski definition) is 3. The van der Waals surface area contributed by atoms with E-state index >= 15 is 0 Å². The molecule has 1 atom stereocenters. The van der Waals surface area contributed by atoms with Crippen molar-refractivity contribution in [2.75, 3.05) is 18.9 Å². The van der Waals surface area contributed by atoms with Crippen molar-refractivity contribution in [2.45, 2.75) is 24.8 Å². The minimum atomic E-state index is -3.96. The number of anilines is 1. The first-order valence-corrected chi connectivity index (χ1v) is 7.50. The van der Waals surface area contributed by atoms with Gasteiger partial charge in [0.15, 0.2) is 0 Å². The molecule has 8 heteroatoms. The van der Waals surface area contributed by atoms with Crippen LogP contribution in [-0.2, 0) is 14.8 Å². The van der Waals surface area contributed by atoms with Crippen LogP contribution in [-0.4, -0.2) is 38.7 Å². The van der Waals surface area contributed by atoms with Crippen LogP contribution in [0.1, 0.15) is 24.2 Å². The molecule has 0 heterocycles. The average Bonchev–Trinajstić information content (AvgIpc) is 2.36. The SMILES string of the molecule is CCOC(C)CNS(=O)(=O)c1cc(N)ccc1C(=O)O. The number of rotatable bonds is 7. The molecule has 4 N–H and O–H groups in total. The van der Waals surface area contributed by atoms with Gasteiger partial charge in [0, 0.05) is 18.8 Å². The van der Waals surface area contributed by atoms with E-state index in [4.69, 9.17) is 15.6 Å². The molecule has 0 radical (unpaired) electrons. The van der Waals surface area contributed by atoms with Crippen molar-refractivity contribution in [1.29, 1.82) is 0 Å². The number of carboxylic acid groups (broad SMARTS) is 1. The number of benzene rings is 1. The first-order valence-electron chi connectivity index (χ1n) is 6.02. The Hall–Kier alpha value is -1.64. The third-order valence-electron chi connectivity index (χ3n) is 2.54. The van der Waals surface area contributed by atoms with Crippen molar-refractivity contribution in [3.63, 3.8) is 0 Å². The molecule has 1 aromatic rings. The molecule has 0 saturated heterocycles. The van der Waals surface area contributed by atoms with Crippen LogP contribution in [0.2, 0.25) is 0 Å². The lowest BCUT2D eigenvalue weighted by Gasteiger charge is -2.14. The number of nitrogen functional groups attached to an aromatic ring is 1. The van der Waals surface area contributed by atoms with Crippen LogP contribution in [0.15, 0.2) is 23.1 Å². The Balaban J connectivity index is 3.03. The Morgan fingerprint density at radius 2 is 2.15 bits per heavy atom. The number of ether oxygens (including phenoxy) is 1. The van der Waals surface area contributed by atoms with E-state index in [1.54, 1.807) is 13.8 Å². The fraction of sp³-hybridized carbons (Fsp3) is 0.417. The number of hydrogen-bond acceptors (Lipinski definition) is 5. The second kappa shape index (κ2) is 6.69. The van der Waals surface area contributed by atoms with Crippen LogP contribution in [0.5, 0.6) is 0 Å². The minimum Gasteiger partial charge on any atom is -0.478 e. The van der Waals surface area contributed by atoms with Gasteiger partial charge < -0.3 is 15.6 Å². The molecule has 0 amide bonds. The van der Waals surface area contributed by atoms with Crippen LogP contribution >= 0.6 is 0 Å². The van der Waals surface area contributed by atoms with Gasteiger partial charge >= 0.3 is 5.97 Å². The highest BCUT2D eigenvalue weighted by atomic mass is 32.2. The van der Waals surface area contributed by atoms with Gasteiger partial charge in [0.2, 0.25) is 10.0 Å². The Morgan fingerprint density at radius 3 is 2.70 bits per heavy atom. The quantitative estimate of drug-likeness (QED) is 0.637.